The molecule has 0 N–H and O–H groups in total. The minimum absolute atomic E-state index is 0. The molecule has 0 bridgehead atoms. The van der Waals surface area contributed by atoms with Gasteiger partial charge >= 0.3 is 59.1 Å². The fourth-order valence-corrected chi connectivity index (χ4v) is 9.87. The molecule has 1 nitrogen and oxygen atoms in total. The van der Waals surface area contributed by atoms with Gasteiger partial charge in [-0.3, -0.25) is 0 Å². The molecule has 3 heteroatoms. The summed E-state index contributed by atoms with van der Waals surface area (Å²) >= 11 is 0. The quantitative estimate of drug-likeness (QED) is 0.0322. The Hall–Kier alpha value is -1.16. The van der Waals surface area contributed by atoms with E-state index in [0.29, 0.717) is 0 Å². The summed E-state index contributed by atoms with van der Waals surface area (Å²) in [4.78, 5) is 0. The zero-order valence-corrected chi connectivity index (χ0v) is 39.6. The third kappa shape index (κ3) is 22.5. The van der Waals surface area contributed by atoms with Gasteiger partial charge in [-0.15, -0.1) is 0 Å². The Labute approximate surface area is 434 Å². The molecule has 0 aliphatic rings. The first-order valence-electron chi connectivity index (χ1n) is 26.2. The molecule has 0 aliphatic heterocycles. The SMILES string of the molecule is CCCCCCCCCCCCCCCCCC(OC(CCCCCCCCCCCCCCCCC)(c1ccccc1)c1ccccc1)(c1ccccc1)c1ccccc1.[NaH].[NaH]. The fraction of sp³-hybridized carbons (Fsp3) is 0.600. The maximum absolute atomic E-state index is 8.21. The van der Waals surface area contributed by atoms with Gasteiger partial charge in [0.25, 0.3) is 0 Å². The van der Waals surface area contributed by atoms with Crippen LogP contribution in [-0.2, 0) is 15.9 Å². The second-order valence-electron chi connectivity index (χ2n) is 18.6. The van der Waals surface area contributed by atoms with Crippen LogP contribution in [-0.4, -0.2) is 59.1 Å². The van der Waals surface area contributed by atoms with Crippen LogP contribution in [0, 0.1) is 0 Å². The van der Waals surface area contributed by atoms with E-state index in [9.17, 15) is 0 Å². The molecule has 0 unspecified atom stereocenters. The van der Waals surface area contributed by atoms with E-state index in [0.717, 1.165) is 25.7 Å². The van der Waals surface area contributed by atoms with Crippen molar-refractivity contribution < 1.29 is 4.74 Å². The van der Waals surface area contributed by atoms with E-state index in [2.05, 4.69) is 135 Å². The van der Waals surface area contributed by atoms with Crippen molar-refractivity contribution in [3.63, 3.8) is 0 Å². The number of hydrogen-bond donors (Lipinski definition) is 0. The molecule has 4 aromatic rings. The van der Waals surface area contributed by atoms with Gasteiger partial charge in [-0.2, -0.15) is 0 Å². The molecule has 340 valence electrons. The van der Waals surface area contributed by atoms with Crippen LogP contribution in [0.5, 0.6) is 0 Å². The number of benzene rings is 4. The van der Waals surface area contributed by atoms with Crippen molar-refractivity contribution in [2.75, 3.05) is 0 Å². The molecule has 0 saturated carbocycles. The Morgan fingerprint density at radius 1 is 0.254 bits per heavy atom. The molecule has 0 atom stereocenters. The van der Waals surface area contributed by atoms with E-state index in [-0.39, 0.29) is 59.1 Å². The Balaban J connectivity index is 0.00000683. The summed E-state index contributed by atoms with van der Waals surface area (Å²) in [5.74, 6) is 0. The van der Waals surface area contributed by atoms with Crippen LogP contribution in [0.15, 0.2) is 121 Å². The van der Waals surface area contributed by atoms with Gasteiger partial charge in [-0.05, 0) is 47.9 Å². The van der Waals surface area contributed by atoms with Gasteiger partial charge < -0.3 is 4.74 Å². The van der Waals surface area contributed by atoms with Crippen LogP contribution in [0.1, 0.15) is 242 Å². The van der Waals surface area contributed by atoms with Crippen LogP contribution in [0.25, 0.3) is 0 Å². The summed E-state index contributed by atoms with van der Waals surface area (Å²) in [6, 6.07) is 44.9. The van der Waals surface area contributed by atoms with Gasteiger partial charge in [0.05, 0.1) is 0 Å². The second-order valence-corrected chi connectivity index (χ2v) is 18.6. The molecule has 0 radical (unpaired) electrons. The van der Waals surface area contributed by atoms with Crippen LogP contribution in [0.3, 0.4) is 0 Å². The van der Waals surface area contributed by atoms with Gasteiger partial charge in [-0.25, -0.2) is 0 Å². The van der Waals surface area contributed by atoms with Gasteiger partial charge in [0.2, 0.25) is 0 Å². The first-order chi connectivity index (χ1) is 30.2. The molecule has 4 aromatic carbocycles. The predicted octanol–water partition coefficient (Wildman–Crippen LogP) is 18.1. The summed E-state index contributed by atoms with van der Waals surface area (Å²) in [6.45, 7) is 4.62. The van der Waals surface area contributed by atoms with E-state index >= 15 is 0 Å². The van der Waals surface area contributed by atoms with Crippen molar-refractivity contribution in [1.29, 1.82) is 0 Å². The third-order valence-corrected chi connectivity index (χ3v) is 13.6. The van der Waals surface area contributed by atoms with Crippen LogP contribution in [0.2, 0.25) is 0 Å². The number of unbranched alkanes of at least 4 members (excludes halogenated alkanes) is 28. The van der Waals surface area contributed by atoms with Crippen LogP contribution in [0.4, 0.5) is 0 Å². The van der Waals surface area contributed by atoms with E-state index in [1.807, 2.05) is 0 Å². The van der Waals surface area contributed by atoms with Crippen molar-refractivity contribution in [2.45, 2.75) is 231 Å². The normalized spacial score (nSPS) is 11.6. The summed E-state index contributed by atoms with van der Waals surface area (Å²) < 4.78 is 8.21. The van der Waals surface area contributed by atoms with Crippen molar-refractivity contribution in [3.05, 3.63) is 144 Å². The van der Waals surface area contributed by atoms with Gasteiger partial charge in [0, 0.05) is 0 Å². The minimum atomic E-state index is -0.597. The number of ether oxygens (including phenoxy) is 1. The van der Waals surface area contributed by atoms with Crippen LogP contribution >= 0.6 is 0 Å². The van der Waals surface area contributed by atoms with Crippen molar-refractivity contribution in [3.8, 4) is 0 Å². The molecular formula is C60H92Na2O. The Kier molecular flexibility index (Phi) is 34.9. The summed E-state index contributed by atoms with van der Waals surface area (Å²) in [6.07, 6.45) is 43.0. The van der Waals surface area contributed by atoms with E-state index in [4.69, 9.17) is 4.74 Å². The Bertz CT molecular complexity index is 1360. The van der Waals surface area contributed by atoms with Crippen LogP contribution < -0.4 is 0 Å². The summed E-state index contributed by atoms with van der Waals surface area (Å²) in [7, 11) is 0. The van der Waals surface area contributed by atoms with E-state index in [1.165, 1.54) is 202 Å². The monoisotopic (exact) mass is 875 g/mol. The topological polar surface area (TPSA) is 9.23 Å². The number of hydrogen-bond acceptors (Lipinski definition) is 1. The van der Waals surface area contributed by atoms with Gasteiger partial charge in [-0.1, -0.05) is 315 Å². The van der Waals surface area contributed by atoms with Crippen molar-refractivity contribution in [2.24, 2.45) is 0 Å². The predicted molar refractivity (Wildman–Crippen MR) is 282 cm³/mol. The van der Waals surface area contributed by atoms with E-state index < -0.39 is 11.2 Å². The standard InChI is InChI=1S/C60H90O.2Na.2H/c1-3-5-7-9-11-13-15-17-19-21-23-25-27-29-43-53-59(55-45-35-31-36-46-55,56-47-37-32-38-48-56)61-60(57-49-39-33-40-50-57,58-51-41-34-42-52-58)54-44-30-28-26-24-22-20-18-16-14-12-10-8-6-4-2;;;;/h31-42,45-52H,3-30,43-44,53-54H2,1-2H3;;;;. The van der Waals surface area contributed by atoms with Crippen molar-refractivity contribution >= 4 is 59.1 Å². The Morgan fingerprint density at radius 2 is 0.429 bits per heavy atom. The summed E-state index contributed by atoms with van der Waals surface area (Å²) in [5, 5.41) is 0. The van der Waals surface area contributed by atoms with Gasteiger partial charge in [0.1, 0.15) is 11.2 Å². The molecule has 0 fully saturated rings. The zero-order valence-electron chi connectivity index (χ0n) is 39.6. The maximum atomic E-state index is 8.21. The van der Waals surface area contributed by atoms with Gasteiger partial charge in [0.15, 0.2) is 0 Å². The average Bonchev–Trinajstić information content (AvgIpc) is 3.31. The fourth-order valence-electron chi connectivity index (χ4n) is 9.87. The second kappa shape index (κ2) is 37.9. The average molecular weight is 875 g/mol. The zero-order chi connectivity index (χ0) is 42.8. The molecule has 0 aliphatic carbocycles. The molecule has 0 heterocycles. The van der Waals surface area contributed by atoms with Crippen molar-refractivity contribution in [1.82, 2.24) is 0 Å². The first kappa shape index (κ1) is 58.0. The molecule has 0 amide bonds. The van der Waals surface area contributed by atoms with E-state index in [1.54, 1.807) is 0 Å². The summed E-state index contributed by atoms with van der Waals surface area (Å²) in [5.41, 5.74) is 3.86. The first-order valence-corrected chi connectivity index (χ1v) is 26.2. The molecule has 0 saturated heterocycles. The molecule has 0 spiro atoms. The molecule has 4 rings (SSSR count). The molecule has 63 heavy (non-hydrogen) atoms. The molecular weight excluding hydrogens is 783 g/mol. The number of rotatable bonds is 38. The molecule has 0 aromatic heterocycles. The Morgan fingerprint density at radius 3 is 0.619 bits per heavy atom. The third-order valence-electron chi connectivity index (χ3n) is 13.6.